The van der Waals surface area contributed by atoms with Crippen LogP contribution in [0.5, 0.6) is 5.75 Å². The molecule has 17 heavy (non-hydrogen) atoms. The van der Waals surface area contributed by atoms with Crippen LogP contribution in [0.1, 0.15) is 0 Å². The number of ether oxygens (including phenoxy) is 1. The molecule has 0 fully saturated rings. The SMILES string of the molecule is O=[N+]([O-])c1cc(F)c(OC[B-](F)(F)F)cc1F. The largest absolute Gasteiger partial charge is 0.519 e. The van der Waals surface area contributed by atoms with Gasteiger partial charge < -0.3 is 17.7 Å². The van der Waals surface area contributed by atoms with E-state index < -0.39 is 41.5 Å². The quantitative estimate of drug-likeness (QED) is 0.360. The number of hydrogen-bond acceptors (Lipinski definition) is 3. The minimum absolute atomic E-state index is 0.161. The van der Waals surface area contributed by atoms with Crippen molar-refractivity contribution in [2.45, 2.75) is 0 Å². The molecule has 0 radical (unpaired) electrons. The number of rotatable bonds is 4. The standard InChI is InChI=1S/C7H4BF5NO3/c9-4-2-7(17-3-8(11,12)13)5(10)1-6(4)14(15)16/h1-2H,3H2/q-1. The Balaban J connectivity index is 2.96. The first-order chi connectivity index (χ1) is 7.70. The number of nitrogens with zero attached hydrogens (tertiary/aromatic N) is 1. The predicted octanol–water partition coefficient (Wildman–Crippen LogP) is 2.64. The lowest BCUT2D eigenvalue weighted by atomic mass is 9.95. The van der Waals surface area contributed by atoms with Gasteiger partial charge in [0.25, 0.3) is 0 Å². The summed E-state index contributed by atoms with van der Waals surface area (Å²) in [5, 5.41) is 10.2. The molecule has 0 saturated carbocycles. The normalized spacial score (nSPS) is 11.4. The second-order valence-corrected chi connectivity index (χ2v) is 3.01. The van der Waals surface area contributed by atoms with Crippen LogP contribution in [0.4, 0.5) is 27.4 Å². The molecule has 0 aromatic heterocycles. The molecule has 0 saturated heterocycles. The van der Waals surface area contributed by atoms with Crippen LogP contribution in [-0.4, -0.2) is 18.4 Å². The summed E-state index contributed by atoms with van der Waals surface area (Å²) in [6, 6.07) is 0.364. The molecule has 10 heteroatoms. The molecule has 0 aliphatic heterocycles. The minimum Gasteiger partial charge on any atom is -0.519 e. The fourth-order valence-electron chi connectivity index (χ4n) is 0.953. The van der Waals surface area contributed by atoms with Gasteiger partial charge in [-0.1, -0.05) is 0 Å². The highest BCUT2D eigenvalue weighted by Crippen LogP contribution is 2.27. The van der Waals surface area contributed by atoms with Crippen molar-refractivity contribution in [3.63, 3.8) is 0 Å². The molecule has 0 spiro atoms. The highest BCUT2D eigenvalue weighted by Gasteiger charge is 2.26. The van der Waals surface area contributed by atoms with Crippen molar-refractivity contribution in [2.75, 3.05) is 6.51 Å². The second-order valence-electron chi connectivity index (χ2n) is 3.01. The topological polar surface area (TPSA) is 52.4 Å². The molecule has 0 aliphatic carbocycles. The average Bonchev–Trinajstić information content (AvgIpc) is 2.17. The maximum Gasteiger partial charge on any atom is 0.515 e. The van der Waals surface area contributed by atoms with Gasteiger partial charge in [-0.2, -0.15) is 4.39 Å². The molecule has 4 nitrogen and oxygen atoms in total. The minimum atomic E-state index is -5.32. The molecule has 1 aromatic carbocycles. The molecule has 1 rings (SSSR count). The van der Waals surface area contributed by atoms with Crippen molar-refractivity contribution in [3.8, 4) is 5.75 Å². The maximum absolute atomic E-state index is 13.0. The van der Waals surface area contributed by atoms with Crippen molar-refractivity contribution in [2.24, 2.45) is 0 Å². The maximum atomic E-state index is 13.0. The van der Waals surface area contributed by atoms with E-state index in [1.54, 1.807) is 0 Å². The number of hydrogen-bond donors (Lipinski definition) is 0. The summed E-state index contributed by atoms with van der Waals surface area (Å²) >= 11 is 0. The summed E-state index contributed by atoms with van der Waals surface area (Å²) in [6.45, 7) is -7.08. The van der Waals surface area contributed by atoms with Crippen molar-refractivity contribution in [1.29, 1.82) is 0 Å². The zero-order chi connectivity index (χ0) is 13.2. The Morgan fingerprint density at radius 1 is 1.24 bits per heavy atom. The van der Waals surface area contributed by atoms with Crippen LogP contribution in [0.2, 0.25) is 0 Å². The molecule has 0 aliphatic rings. The van der Waals surface area contributed by atoms with Crippen LogP contribution in [0.15, 0.2) is 12.1 Å². The Hall–Kier alpha value is -1.87. The first-order valence-electron chi connectivity index (χ1n) is 4.18. The fourth-order valence-corrected chi connectivity index (χ4v) is 0.953. The van der Waals surface area contributed by atoms with Crippen molar-refractivity contribution < 1.29 is 31.4 Å². The van der Waals surface area contributed by atoms with Crippen LogP contribution in [-0.2, 0) is 0 Å². The highest BCUT2D eigenvalue weighted by molar-refractivity contribution is 6.58. The van der Waals surface area contributed by atoms with Crippen LogP contribution in [0.3, 0.4) is 0 Å². The van der Waals surface area contributed by atoms with Gasteiger partial charge in [0.2, 0.25) is 5.82 Å². The lowest BCUT2D eigenvalue weighted by Gasteiger charge is -2.15. The van der Waals surface area contributed by atoms with Crippen LogP contribution >= 0.6 is 0 Å². The van der Waals surface area contributed by atoms with E-state index in [4.69, 9.17) is 0 Å². The fraction of sp³-hybridized carbons (Fsp3) is 0.143. The van der Waals surface area contributed by atoms with Gasteiger partial charge in [0.1, 0.15) is 0 Å². The lowest BCUT2D eigenvalue weighted by molar-refractivity contribution is -0.387. The van der Waals surface area contributed by atoms with E-state index in [9.17, 15) is 31.8 Å². The summed E-state index contributed by atoms with van der Waals surface area (Å²) in [5.41, 5.74) is -1.17. The second kappa shape index (κ2) is 4.56. The van der Waals surface area contributed by atoms with Gasteiger partial charge in [0.05, 0.1) is 17.5 Å². The van der Waals surface area contributed by atoms with Crippen LogP contribution < -0.4 is 4.74 Å². The van der Waals surface area contributed by atoms with Gasteiger partial charge in [0.15, 0.2) is 11.6 Å². The number of nitro groups is 1. The van der Waals surface area contributed by atoms with E-state index in [1.165, 1.54) is 0 Å². The Morgan fingerprint density at radius 3 is 2.29 bits per heavy atom. The molecule has 0 amide bonds. The van der Waals surface area contributed by atoms with Crippen molar-refractivity contribution >= 4 is 12.7 Å². The lowest BCUT2D eigenvalue weighted by Crippen LogP contribution is -2.26. The summed E-state index contributed by atoms with van der Waals surface area (Å²) < 4.78 is 65.3. The van der Waals surface area contributed by atoms with E-state index in [-0.39, 0.29) is 12.1 Å². The molecule has 94 valence electrons. The molecule has 0 atom stereocenters. The number of nitro benzene ring substituents is 1. The first-order valence-corrected chi connectivity index (χ1v) is 4.18. The van der Waals surface area contributed by atoms with E-state index in [2.05, 4.69) is 4.74 Å². The molecule has 0 heterocycles. The molecule has 0 N–H and O–H groups in total. The van der Waals surface area contributed by atoms with E-state index in [1.807, 2.05) is 0 Å². The van der Waals surface area contributed by atoms with Gasteiger partial charge in [-0.25, -0.2) is 4.39 Å². The van der Waals surface area contributed by atoms with E-state index in [0.717, 1.165) is 0 Å². The van der Waals surface area contributed by atoms with Gasteiger partial charge in [0, 0.05) is 6.07 Å². The zero-order valence-corrected chi connectivity index (χ0v) is 8.00. The molecular formula is C7H4BF5NO3-. The Bertz CT molecular complexity index is 450. The molecule has 1 aromatic rings. The van der Waals surface area contributed by atoms with Crippen molar-refractivity contribution in [1.82, 2.24) is 0 Å². The van der Waals surface area contributed by atoms with Gasteiger partial charge >= 0.3 is 12.7 Å². The van der Waals surface area contributed by atoms with Gasteiger partial charge in [-0.15, -0.1) is 0 Å². The van der Waals surface area contributed by atoms with Gasteiger partial charge in [-0.3, -0.25) is 10.1 Å². The van der Waals surface area contributed by atoms with Crippen LogP contribution in [0.25, 0.3) is 0 Å². The predicted molar refractivity (Wildman–Crippen MR) is 47.6 cm³/mol. The summed E-state index contributed by atoms with van der Waals surface area (Å²) in [5.74, 6) is -3.92. The van der Waals surface area contributed by atoms with E-state index in [0.29, 0.717) is 0 Å². The molecule has 0 unspecified atom stereocenters. The highest BCUT2D eigenvalue weighted by atomic mass is 19.4. The van der Waals surface area contributed by atoms with Gasteiger partial charge in [-0.05, 0) is 0 Å². The Morgan fingerprint density at radius 2 is 1.82 bits per heavy atom. The van der Waals surface area contributed by atoms with Crippen molar-refractivity contribution in [3.05, 3.63) is 33.9 Å². The smallest absolute Gasteiger partial charge is 0.515 e. The third-order valence-corrected chi connectivity index (χ3v) is 1.63. The monoisotopic (exact) mass is 256 g/mol. The Kier molecular flexibility index (Phi) is 3.54. The Labute approximate surface area is 91.2 Å². The number of benzene rings is 1. The average molecular weight is 256 g/mol. The summed E-state index contributed by atoms with van der Waals surface area (Å²) in [6.07, 6.45) is 0. The summed E-state index contributed by atoms with van der Waals surface area (Å²) in [7, 11) is 0. The van der Waals surface area contributed by atoms with Crippen LogP contribution in [0, 0.1) is 21.7 Å². The third-order valence-electron chi connectivity index (χ3n) is 1.63. The number of halogens is 5. The van der Waals surface area contributed by atoms with E-state index >= 15 is 0 Å². The zero-order valence-electron chi connectivity index (χ0n) is 8.00. The molecule has 0 bridgehead atoms. The first kappa shape index (κ1) is 13.2. The summed E-state index contributed by atoms with van der Waals surface area (Å²) in [4.78, 5) is 8.99. The third kappa shape index (κ3) is 3.57. The molecular weight excluding hydrogens is 252 g/mol.